The second-order valence-electron chi connectivity index (χ2n) is 9.16. The Labute approximate surface area is 235 Å². The molecule has 8 heteroatoms. The van der Waals surface area contributed by atoms with Crippen molar-refractivity contribution in [2.24, 2.45) is 0 Å². The molecule has 1 aliphatic rings. The third kappa shape index (κ3) is 7.67. The van der Waals surface area contributed by atoms with Crippen molar-refractivity contribution < 1.29 is 19.5 Å². The standard InChI is InChI=1S/C30H30IN3O4/c31-25-7-4-8-26(19-25)33-30(38)34-28(22-11-9-21(10-12-22)20-5-2-1-3-6-20)23-13-15-24(16-14-23)29(37)32-18-17-27(35)36/h4-5,7-16,19,28H,1-3,6,17-18H2,(H,32,37)(H,35,36)(H2,33,34,38). The molecule has 38 heavy (non-hydrogen) atoms. The van der Waals surface area contributed by atoms with Gasteiger partial charge in [0.1, 0.15) is 0 Å². The highest BCUT2D eigenvalue weighted by Crippen LogP contribution is 2.29. The number of aliphatic carboxylic acids is 1. The Morgan fingerprint density at radius 2 is 1.63 bits per heavy atom. The summed E-state index contributed by atoms with van der Waals surface area (Å²) in [5.74, 6) is -1.31. The highest BCUT2D eigenvalue weighted by Gasteiger charge is 2.19. The number of nitrogens with one attached hydrogen (secondary N) is 3. The number of carboxylic acid groups (broad SMARTS) is 1. The van der Waals surface area contributed by atoms with Gasteiger partial charge in [0.25, 0.3) is 5.91 Å². The van der Waals surface area contributed by atoms with Gasteiger partial charge in [-0.3, -0.25) is 9.59 Å². The Bertz CT molecular complexity index is 1320. The van der Waals surface area contributed by atoms with Crippen molar-refractivity contribution in [1.29, 1.82) is 0 Å². The van der Waals surface area contributed by atoms with Crippen LogP contribution in [-0.2, 0) is 4.79 Å². The van der Waals surface area contributed by atoms with Gasteiger partial charge in [0.05, 0.1) is 12.5 Å². The van der Waals surface area contributed by atoms with Crippen LogP contribution in [0.4, 0.5) is 10.5 Å². The van der Waals surface area contributed by atoms with Crippen LogP contribution < -0.4 is 16.0 Å². The van der Waals surface area contributed by atoms with E-state index in [4.69, 9.17) is 5.11 Å². The fraction of sp³-hybridized carbons (Fsp3) is 0.233. The second kappa shape index (κ2) is 13.2. The number of rotatable bonds is 9. The minimum absolute atomic E-state index is 0.0570. The van der Waals surface area contributed by atoms with E-state index >= 15 is 0 Å². The van der Waals surface area contributed by atoms with Crippen molar-refractivity contribution in [1.82, 2.24) is 10.6 Å². The molecule has 1 aliphatic carbocycles. The molecule has 0 aliphatic heterocycles. The third-order valence-corrected chi connectivity index (χ3v) is 7.07. The van der Waals surface area contributed by atoms with Crippen molar-refractivity contribution in [3.05, 3.63) is 105 Å². The summed E-state index contributed by atoms with van der Waals surface area (Å²) >= 11 is 2.20. The van der Waals surface area contributed by atoms with Crippen molar-refractivity contribution >= 4 is 51.8 Å². The van der Waals surface area contributed by atoms with Gasteiger partial charge in [-0.2, -0.15) is 0 Å². The number of urea groups is 1. The van der Waals surface area contributed by atoms with Crippen LogP contribution >= 0.6 is 22.6 Å². The minimum atomic E-state index is -0.969. The van der Waals surface area contributed by atoms with E-state index in [9.17, 15) is 14.4 Å². The summed E-state index contributed by atoms with van der Waals surface area (Å²) in [7, 11) is 0. The summed E-state index contributed by atoms with van der Waals surface area (Å²) < 4.78 is 1.02. The number of carboxylic acids is 1. The minimum Gasteiger partial charge on any atom is -0.481 e. The predicted molar refractivity (Wildman–Crippen MR) is 157 cm³/mol. The topological polar surface area (TPSA) is 108 Å². The summed E-state index contributed by atoms with van der Waals surface area (Å²) in [6.07, 6.45) is 6.79. The van der Waals surface area contributed by atoms with Gasteiger partial charge in [-0.1, -0.05) is 48.5 Å². The lowest BCUT2D eigenvalue weighted by molar-refractivity contribution is -0.136. The van der Waals surface area contributed by atoms with Crippen LogP contribution in [-0.4, -0.2) is 29.6 Å². The number of allylic oxidation sites excluding steroid dienone is 2. The second-order valence-corrected chi connectivity index (χ2v) is 10.4. The van der Waals surface area contributed by atoms with Crippen LogP contribution in [0.25, 0.3) is 5.57 Å². The molecule has 3 aromatic rings. The van der Waals surface area contributed by atoms with Gasteiger partial charge in [0, 0.05) is 21.4 Å². The lowest BCUT2D eigenvalue weighted by Crippen LogP contribution is -2.33. The number of carbonyl (C=O) groups is 3. The van der Waals surface area contributed by atoms with Crippen LogP contribution in [0.3, 0.4) is 0 Å². The molecule has 0 saturated heterocycles. The van der Waals surface area contributed by atoms with Gasteiger partial charge in [0.15, 0.2) is 0 Å². The molecule has 196 valence electrons. The largest absolute Gasteiger partial charge is 0.481 e. The Morgan fingerprint density at radius 3 is 2.26 bits per heavy atom. The zero-order valence-corrected chi connectivity index (χ0v) is 23.0. The quantitative estimate of drug-likeness (QED) is 0.208. The summed E-state index contributed by atoms with van der Waals surface area (Å²) in [6, 6.07) is 22.0. The van der Waals surface area contributed by atoms with E-state index in [2.05, 4.69) is 56.7 Å². The Balaban J connectivity index is 1.55. The molecule has 1 atom stereocenters. The van der Waals surface area contributed by atoms with Crippen molar-refractivity contribution in [2.75, 3.05) is 11.9 Å². The fourth-order valence-corrected chi connectivity index (χ4v) is 4.97. The molecule has 4 N–H and O–H groups in total. The average Bonchev–Trinajstić information content (AvgIpc) is 2.92. The first-order valence-corrected chi connectivity index (χ1v) is 13.7. The Morgan fingerprint density at radius 1 is 0.921 bits per heavy atom. The molecule has 0 fully saturated rings. The molecular formula is C30H30IN3O4. The molecule has 4 rings (SSSR count). The maximum absolute atomic E-state index is 13.0. The first-order valence-electron chi connectivity index (χ1n) is 12.6. The van der Waals surface area contributed by atoms with Gasteiger partial charge in [-0.05, 0) is 101 Å². The normalized spacial score (nSPS) is 13.7. The van der Waals surface area contributed by atoms with Crippen molar-refractivity contribution in [3.63, 3.8) is 0 Å². The van der Waals surface area contributed by atoms with Crippen LogP contribution in [0.15, 0.2) is 78.9 Å². The smallest absolute Gasteiger partial charge is 0.319 e. The van der Waals surface area contributed by atoms with Crippen molar-refractivity contribution in [2.45, 2.75) is 38.1 Å². The average molecular weight is 623 g/mol. The van der Waals surface area contributed by atoms with Crippen LogP contribution in [0.2, 0.25) is 0 Å². The Kier molecular flexibility index (Phi) is 9.53. The van der Waals surface area contributed by atoms with Gasteiger partial charge < -0.3 is 21.1 Å². The number of benzene rings is 3. The van der Waals surface area contributed by atoms with E-state index in [1.54, 1.807) is 24.3 Å². The van der Waals surface area contributed by atoms with E-state index in [-0.39, 0.29) is 24.9 Å². The molecular weight excluding hydrogens is 593 g/mol. The fourth-order valence-electron chi connectivity index (χ4n) is 4.43. The highest BCUT2D eigenvalue weighted by atomic mass is 127. The summed E-state index contributed by atoms with van der Waals surface area (Å²) in [6.45, 7) is 0.0570. The van der Waals surface area contributed by atoms with Gasteiger partial charge in [-0.15, -0.1) is 0 Å². The van der Waals surface area contributed by atoms with Crippen molar-refractivity contribution in [3.8, 4) is 0 Å². The highest BCUT2D eigenvalue weighted by molar-refractivity contribution is 14.1. The number of carbonyl (C=O) groups excluding carboxylic acids is 2. The molecule has 3 amide bonds. The molecule has 0 bridgehead atoms. The van der Waals surface area contributed by atoms with Gasteiger partial charge in [0.2, 0.25) is 0 Å². The van der Waals surface area contributed by atoms with E-state index in [1.807, 2.05) is 36.4 Å². The number of hydrogen-bond acceptors (Lipinski definition) is 3. The maximum Gasteiger partial charge on any atom is 0.319 e. The summed E-state index contributed by atoms with van der Waals surface area (Å²) in [4.78, 5) is 36.1. The summed E-state index contributed by atoms with van der Waals surface area (Å²) in [5.41, 5.74) is 5.41. The SMILES string of the molecule is O=C(O)CCNC(=O)c1ccc(C(NC(=O)Nc2cccc(I)c2)c2ccc(C3=CCCCC3)cc2)cc1. The van der Waals surface area contributed by atoms with Crippen LogP contribution in [0.5, 0.6) is 0 Å². The van der Waals surface area contributed by atoms with E-state index in [0.717, 1.165) is 27.5 Å². The molecule has 0 spiro atoms. The maximum atomic E-state index is 13.0. The third-order valence-electron chi connectivity index (χ3n) is 6.39. The number of amides is 3. The molecule has 1 unspecified atom stereocenters. The van der Waals surface area contributed by atoms with E-state index < -0.39 is 12.0 Å². The first kappa shape index (κ1) is 27.4. The lowest BCUT2D eigenvalue weighted by atomic mass is 9.91. The zero-order valence-electron chi connectivity index (χ0n) is 20.9. The predicted octanol–water partition coefficient (Wildman–Crippen LogP) is 6.36. The number of halogens is 1. The number of anilines is 1. The molecule has 3 aromatic carbocycles. The molecule has 0 saturated carbocycles. The van der Waals surface area contributed by atoms with Gasteiger partial charge in [-0.25, -0.2) is 4.79 Å². The van der Waals surface area contributed by atoms with E-state index in [1.165, 1.54) is 24.0 Å². The molecule has 0 heterocycles. The number of hydrogen-bond donors (Lipinski definition) is 4. The molecule has 0 aromatic heterocycles. The first-order chi connectivity index (χ1) is 18.4. The van der Waals surface area contributed by atoms with E-state index in [0.29, 0.717) is 11.3 Å². The van der Waals surface area contributed by atoms with Crippen LogP contribution in [0, 0.1) is 3.57 Å². The Hall–Kier alpha value is -3.66. The lowest BCUT2D eigenvalue weighted by Gasteiger charge is -2.21. The van der Waals surface area contributed by atoms with Gasteiger partial charge >= 0.3 is 12.0 Å². The molecule has 0 radical (unpaired) electrons. The zero-order chi connectivity index (χ0) is 26.9. The molecule has 7 nitrogen and oxygen atoms in total. The monoisotopic (exact) mass is 623 g/mol. The summed E-state index contributed by atoms with van der Waals surface area (Å²) in [5, 5.41) is 17.4. The van der Waals surface area contributed by atoms with Crippen LogP contribution in [0.1, 0.15) is 65.2 Å².